The molecule has 0 saturated carbocycles. The summed E-state index contributed by atoms with van der Waals surface area (Å²) in [7, 11) is 0. The van der Waals surface area contributed by atoms with Gasteiger partial charge in [-0.2, -0.15) is 5.10 Å². The van der Waals surface area contributed by atoms with Gasteiger partial charge in [0.1, 0.15) is 24.5 Å². The van der Waals surface area contributed by atoms with Gasteiger partial charge in [0.25, 0.3) is 0 Å². The van der Waals surface area contributed by atoms with E-state index in [-0.39, 0.29) is 19.0 Å². The number of ether oxygens (including phenoxy) is 1. The Bertz CT molecular complexity index is 541. The van der Waals surface area contributed by atoms with Crippen molar-refractivity contribution in [2.24, 2.45) is 5.73 Å². The summed E-state index contributed by atoms with van der Waals surface area (Å²) in [5.74, 6) is 0.817. The van der Waals surface area contributed by atoms with E-state index in [1.165, 1.54) is 12.4 Å². The number of hydrogen-bond donors (Lipinski definition) is 1. The lowest BCUT2D eigenvalue weighted by molar-refractivity contribution is 0.281. The predicted octanol–water partition coefficient (Wildman–Crippen LogP) is 1.86. The van der Waals surface area contributed by atoms with Crippen LogP contribution in [0, 0.1) is 5.82 Å². The fraction of sp³-hybridized carbons (Fsp3) is 0.385. The highest BCUT2D eigenvalue weighted by Gasteiger charge is 2.10. The topological polar surface area (TPSA) is 66.0 Å². The third-order valence-electron chi connectivity index (χ3n) is 2.77. The average Bonchev–Trinajstić information content (AvgIpc) is 2.84. The molecule has 1 heterocycles. The number of rotatable bonds is 6. The third-order valence-corrected chi connectivity index (χ3v) is 2.77. The predicted molar refractivity (Wildman–Crippen MR) is 68.9 cm³/mol. The zero-order valence-corrected chi connectivity index (χ0v) is 10.8. The molecule has 0 aliphatic heterocycles. The van der Waals surface area contributed by atoms with Crippen molar-refractivity contribution in [3.63, 3.8) is 0 Å². The first-order valence-electron chi connectivity index (χ1n) is 6.23. The number of aromatic nitrogens is 3. The minimum absolute atomic E-state index is 0.101. The normalized spacial score (nSPS) is 10.7. The Balaban J connectivity index is 2.10. The summed E-state index contributed by atoms with van der Waals surface area (Å²) in [4.78, 5) is 4.13. The molecule has 2 rings (SSSR count). The molecule has 5 nitrogen and oxygen atoms in total. The van der Waals surface area contributed by atoms with Crippen LogP contribution in [-0.2, 0) is 19.7 Å². The van der Waals surface area contributed by atoms with Gasteiger partial charge in [0.05, 0.1) is 0 Å². The van der Waals surface area contributed by atoms with Crippen LogP contribution in [0.25, 0.3) is 0 Å². The number of benzene rings is 1. The molecular formula is C13H17FN4O. The van der Waals surface area contributed by atoms with Crippen LogP contribution in [0.3, 0.4) is 0 Å². The Hall–Kier alpha value is -1.95. The van der Waals surface area contributed by atoms with Gasteiger partial charge in [-0.1, -0.05) is 13.0 Å². The van der Waals surface area contributed by atoms with Crippen molar-refractivity contribution in [3.8, 4) is 5.75 Å². The Kier molecular flexibility index (Phi) is 4.46. The fourth-order valence-electron chi connectivity index (χ4n) is 1.81. The largest absolute Gasteiger partial charge is 0.485 e. The quantitative estimate of drug-likeness (QED) is 0.865. The molecule has 102 valence electrons. The van der Waals surface area contributed by atoms with Crippen molar-refractivity contribution in [1.82, 2.24) is 14.8 Å². The van der Waals surface area contributed by atoms with Crippen LogP contribution in [-0.4, -0.2) is 14.8 Å². The summed E-state index contributed by atoms with van der Waals surface area (Å²) in [5, 5.41) is 4.11. The summed E-state index contributed by atoms with van der Waals surface area (Å²) in [5.41, 5.74) is 5.90. The highest BCUT2D eigenvalue weighted by molar-refractivity contribution is 5.34. The van der Waals surface area contributed by atoms with Gasteiger partial charge in [0, 0.05) is 18.7 Å². The monoisotopic (exact) mass is 264 g/mol. The van der Waals surface area contributed by atoms with Crippen LogP contribution in [0.4, 0.5) is 4.39 Å². The van der Waals surface area contributed by atoms with Crippen LogP contribution in [0.5, 0.6) is 5.75 Å². The van der Waals surface area contributed by atoms with E-state index in [4.69, 9.17) is 10.5 Å². The summed E-state index contributed by atoms with van der Waals surface area (Å²) >= 11 is 0. The van der Waals surface area contributed by atoms with Crippen LogP contribution in [0.2, 0.25) is 0 Å². The van der Waals surface area contributed by atoms with E-state index < -0.39 is 0 Å². The number of nitrogens with two attached hydrogens (primary N) is 1. The standard InChI is InChI=1S/C13H17FN4O/c1-2-6-18-13(16-9-17-18)8-19-12-5-3-4-11(14)10(12)7-15/h3-5,9H,2,6-8,15H2,1H3. The summed E-state index contributed by atoms with van der Waals surface area (Å²) in [6.45, 7) is 3.19. The number of hydrogen-bond acceptors (Lipinski definition) is 4. The van der Waals surface area contributed by atoms with E-state index >= 15 is 0 Å². The molecule has 0 amide bonds. The van der Waals surface area contributed by atoms with E-state index in [9.17, 15) is 4.39 Å². The van der Waals surface area contributed by atoms with Crippen LogP contribution in [0.15, 0.2) is 24.5 Å². The summed E-state index contributed by atoms with van der Waals surface area (Å²) < 4.78 is 20.9. The lowest BCUT2D eigenvalue weighted by Crippen LogP contribution is -2.10. The van der Waals surface area contributed by atoms with Gasteiger partial charge in [0.2, 0.25) is 0 Å². The van der Waals surface area contributed by atoms with Crippen LogP contribution < -0.4 is 10.5 Å². The van der Waals surface area contributed by atoms with Crippen molar-refractivity contribution in [2.75, 3.05) is 0 Å². The first-order valence-corrected chi connectivity index (χ1v) is 6.23. The van der Waals surface area contributed by atoms with Gasteiger partial charge in [-0.3, -0.25) is 0 Å². The highest BCUT2D eigenvalue weighted by Crippen LogP contribution is 2.21. The SMILES string of the molecule is CCCn1ncnc1COc1cccc(F)c1CN. The van der Waals surface area contributed by atoms with E-state index in [1.807, 2.05) is 0 Å². The molecule has 0 saturated heterocycles. The zero-order chi connectivity index (χ0) is 13.7. The van der Waals surface area contributed by atoms with Crippen molar-refractivity contribution in [3.05, 3.63) is 41.7 Å². The van der Waals surface area contributed by atoms with Crippen molar-refractivity contribution >= 4 is 0 Å². The average molecular weight is 264 g/mol. The van der Waals surface area contributed by atoms with Gasteiger partial charge in [-0.25, -0.2) is 14.1 Å². The molecular weight excluding hydrogens is 247 g/mol. The molecule has 6 heteroatoms. The minimum atomic E-state index is -0.352. The molecule has 2 aromatic rings. The summed E-state index contributed by atoms with van der Waals surface area (Å²) in [6.07, 6.45) is 2.45. The van der Waals surface area contributed by atoms with Gasteiger partial charge in [-0.15, -0.1) is 0 Å². The molecule has 0 radical (unpaired) electrons. The van der Waals surface area contributed by atoms with Gasteiger partial charge in [-0.05, 0) is 18.6 Å². The number of aryl methyl sites for hydroxylation is 1. The molecule has 0 unspecified atom stereocenters. The molecule has 0 bridgehead atoms. The fourth-order valence-corrected chi connectivity index (χ4v) is 1.81. The van der Waals surface area contributed by atoms with E-state index in [1.54, 1.807) is 16.8 Å². The maximum absolute atomic E-state index is 13.5. The first kappa shape index (κ1) is 13.5. The molecule has 1 aromatic carbocycles. The molecule has 0 aliphatic rings. The second-order valence-corrected chi connectivity index (χ2v) is 4.11. The Morgan fingerprint density at radius 2 is 2.26 bits per heavy atom. The minimum Gasteiger partial charge on any atom is -0.485 e. The maximum Gasteiger partial charge on any atom is 0.164 e. The van der Waals surface area contributed by atoms with Crippen LogP contribution >= 0.6 is 0 Å². The van der Waals surface area contributed by atoms with Gasteiger partial charge in [0.15, 0.2) is 5.82 Å². The third kappa shape index (κ3) is 3.08. The second kappa shape index (κ2) is 6.29. The van der Waals surface area contributed by atoms with Gasteiger partial charge < -0.3 is 10.5 Å². The second-order valence-electron chi connectivity index (χ2n) is 4.11. The van der Waals surface area contributed by atoms with E-state index in [2.05, 4.69) is 17.0 Å². The molecule has 0 aliphatic carbocycles. The lowest BCUT2D eigenvalue weighted by Gasteiger charge is -2.11. The number of halogens is 1. The molecule has 2 N–H and O–H groups in total. The Morgan fingerprint density at radius 3 is 3.00 bits per heavy atom. The molecule has 0 spiro atoms. The van der Waals surface area contributed by atoms with E-state index in [0.717, 1.165) is 13.0 Å². The van der Waals surface area contributed by atoms with Crippen molar-refractivity contribution < 1.29 is 9.13 Å². The van der Waals surface area contributed by atoms with Crippen molar-refractivity contribution in [1.29, 1.82) is 0 Å². The van der Waals surface area contributed by atoms with Gasteiger partial charge >= 0.3 is 0 Å². The van der Waals surface area contributed by atoms with Crippen molar-refractivity contribution in [2.45, 2.75) is 33.0 Å². The summed E-state index contributed by atoms with van der Waals surface area (Å²) in [6, 6.07) is 4.67. The Labute approximate surface area is 111 Å². The molecule has 0 fully saturated rings. The van der Waals surface area contributed by atoms with Crippen LogP contribution in [0.1, 0.15) is 24.7 Å². The highest BCUT2D eigenvalue weighted by atomic mass is 19.1. The molecule has 1 aromatic heterocycles. The lowest BCUT2D eigenvalue weighted by atomic mass is 10.2. The Morgan fingerprint density at radius 1 is 1.42 bits per heavy atom. The maximum atomic E-state index is 13.5. The smallest absolute Gasteiger partial charge is 0.164 e. The first-order chi connectivity index (χ1) is 9.26. The molecule has 0 atom stereocenters. The van der Waals surface area contributed by atoms with E-state index in [0.29, 0.717) is 17.1 Å². The zero-order valence-electron chi connectivity index (χ0n) is 10.8. The number of nitrogens with zero attached hydrogens (tertiary/aromatic N) is 3. The molecule has 19 heavy (non-hydrogen) atoms.